The second kappa shape index (κ2) is 10.8. The number of likely N-dealkylation sites (N-methyl/N-ethyl adjacent to an activating group) is 1. The Kier molecular flexibility index (Phi) is 7.89. The number of aryl methyl sites for hydroxylation is 2. The smallest absolute Gasteiger partial charge is 0.191 e. The van der Waals surface area contributed by atoms with Gasteiger partial charge < -0.3 is 20.3 Å². The fourth-order valence-electron chi connectivity index (χ4n) is 3.76. The summed E-state index contributed by atoms with van der Waals surface area (Å²) in [6.45, 7) is 5.45. The highest BCUT2D eigenvalue weighted by molar-refractivity contribution is 5.79. The van der Waals surface area contributed by atoms with E-state index in [1.807, 2.05) is 35.9 Å². The standard InChI is InChI=1S/C25H34N6O/c1-18-15-19(2)31(29-18)23-10-8-7-9-21(23)16-27-25(26-3)28-17-24(30(4)5)20-11-13-22(32-6)14-12-20/h7-15,24H,16-17H2,1-6H3,(H2,26,27,28). The molecule has 0 radical (unpaired) electrons. The number of benzene rings is 2. The minimum Gasteiger partial charge on any atom is -0.497 e. The number of hydrogen-bond acceptors (Lipinski definition) is 4. The summed E-state index contributed by atoms with van der Waals surface area (Å²) < 4.78 is 7.28. The number of guanidine groups is 1. The molecule has 32 heavy (non-hydrogen) atoms. The van der Waals surface area contributed by atoms with Crippen molar-refractivity contribution >= 4 is 5.96 Å². The molecule has 0 aliphatic carbocycles. The number of nitrogens with one attached hydrogen (secondary N) is 2. The zero-order valence-electron chi connectivity index (χ0n) is 19.9. The molecule has 1 aromatic heterocycles. The third-order valence-corrected chi connectivity index (χ3v) is 5.49. The van der Waals surface area contributed by atoms with E-state index in [1.165, 1.54) is 5.56 Å². The van der Waals surface area contributed by atoms with Crippen LogP contribution < -0.4 is 15.4 Å². The normalized spacial score (nSPS) is 12.7. The number of nitrogens with zero attached hydrogens (tertiary/aromatic N) is 4. The van der Waals surface area contributed by atoms with Crippen molar-refractivity contribution in [1.82, 2.24) is 25.3 Å². The van der Waals surface area contributed by atoms with E-state index in [2.05, 4.69) is 77.0 Å². The molecule has 0 amide bonds. The van der Waals surface area contributed by atoms with E-state index < -0.39 is 0 Å². The summed E-state index contributed by atoms with van der Waals surface area (Å²) in [4.78, 5) is 6.61. The fraction of sp³-hybridized carbons (Fsp3) is 0.360. The van der Waals surface area contributed by atoms with Crippen molar-refractivity contribution in [2.75, 3.05) is 34.8 Å². The molecule has 7 heteroatoms. The van der Waals surface area contributed by atoms with E-state index in [1.54, 1.807) is 14.2 Å². The molecule has 2 N–H and O–H groups in total. The van der Waals surface area contributed by atoms with Crippen LogP contribution in [0.4, 0.5) is 0 Å². The Hall–Kier alpha value is -3.32. The molecule has 0 saturated heterocycles. The van der Waals surface area contributed by atoms with Crippen molar-refractivity contribution in [2.45, 2.75) is 26.4 Å². The SMILES string of the molecule is CN=C(NCc1ccccc1-n1nc(C)cc1C)NCC(c1ccc(OC)cc1)N(C)C. The Balaban J connectivity index is 1.67. The highest BCUT2D eigenvalue weighted by Crippen LogP contribution is 2.21. The largest absolute Gasteiger partial charge is 0.497 e. The van der Waals surface area contributed by atoms with Crippen LogP contribution in [0.1, 0.15) is 28.6 Å². The first-order valence-electron chi connectivity index (χ1n) is 10.8. The van der Waals surface area contributed by atoms with Crippen LogP contribution in [-0.4, -0.2) is 55.4 Å². The number of methoxy groups -OCH3 is 1. The predicted octanol–water partition coefficient (Wildman–Crippen LogP) is 3.47. The molecule has 0 spiro atoms. The Bertz CT molecular complexity index is 1040. The molecule has 2 aromatic carbocycles. The van der Waals surface area contributed by atoms with Crippen molar-refractivity contribution in [3.05, 3.63) is 77.1 Å². The van der Waals surface area contributed by atoms with Crippen LogP contribution in [0, 0.1) is 13.8 Å². The topological polar surface area (TPSA) is 66.7 Å². The van der Waals surface area contributed by atoms with Gasteiger partial charge in [-0.2, -0.15) is 5.10 Å². The molecule has 1 unspecified atom stereocenters. The van der Waals surface area contributed by atoms with Gasteiger partial charge in [0, 0.05) is 25.8 Å². The van der Waals surface area contributed by atoms with Gasteiger partial charge in [-0.1, -0.05) is 30.3 Å². The van der Waals surface area contributed by atoms with Crippen LogP contribution in [0.25, 0.3) is 5.69 Å². The predicted molar refractivity (Wildman–Crippen MR) is 131 cm³/mol. The Morgan fingerprint density at radius 3 is 2.41 bits per heavy atom. The van der Waals surface area contributed by atoms with Crippen LogP contribution in [0.5, 0.6) is 5.75 Å². The summed E-state index contributed by atoms with van der Waals surface area (Å²) in [6.07, 6.45) is 0. The van der Waals surface area contributed by atoms with E-state index >= 15 is 0 Å². The van der Waals surface area contributed by atoms with E-state index in [0.717, 1.165) is 40.9 Å². The van der Waals surface area contributed by atoms with Crippen molar-refractivity contribution in [1.29, 1.82) is 0 Å². The lowest BCUT2D eigenvalue weighted by Gasteiger charge is -2.26. The lowest BCUT2D eigenvalue weighted by molar-refractivity contribution is 0.298. The van der Waals surface area contributed by atoms with E-state index in [9.17, 15) is 0 Å². The molecule has 0 saturated carbocycles. The second-order valence-electron chi connectivity index (χ2n) is 8.03. The van der Waals surface area contributed by atoms with Gasteiger partial charge in [0.05, 0.1) is 24.5 Å². The van der Waals surface area contributed by atoms with Gasteiger partial charge in [0.2, 0.25) is 0 Å². The summed E-state index contributed by atoms with van der Waals surface area (Å²) in [7, 11) is 7.64. The average Bonchev–Trinajstić information content (AvgIpc) is 3.14. The zero-order valence-corrected chi connectivity index (χ0v) is 19.9. The molecular weight excluding hydrogens is 400 g/mol. The maximum atomic E-state index is 5.28. The molecule has 3 rings (SSSR count). The van der Waals surface area contributed by atoms with Gasteiger partial charge >= 0.3 is 0 Å². The van der Waals surface area contributed by atoms with Crippen molar-refractivity contribution in [3.8, 4) is 11.4 Å². The third-order valence-electron chi connectivity index (χ3n) is 5.49. The molecule has 170 valence electrons. The van der Waals surface area contributed by atoms with Crippen molar-refractivity contribution in [2.24, 2.45) is 4.99 Å². The van der Waals surface area contributed by atoms with Gasteiger partial charge in [-0.05, 0) is 63.3 Å². The summed E-state index contributed by atoms with van der Waals surface area (Å²) >= 11 is 0. The number of rotatable bonds is 8. The Morgan fingerprint density at radius 2 is 1.81 bits per heavy atom. The van der Waals surface area contributed by atoms with Crippen molar-refractivity contribution in [3.63, 3.8) is 0 Å². The third kappa shape index (κ3) is 5.68. The molecule has 1 atom stereocenters. The Morgan fingerprint density at radius 1 is 1.09 bits per heavy atom. The maximum absolute atomic E-state index is 5.28. The van der Waals surface area contributed by atoms with Crippen LogP contribution in [0.15, 0.2) is 59.6 Å². The summed E-state index contributed by atoms with van der Waals surface area (Å²) in [5.41, 5.74) is 5.57. The van der Waals surface area contributed by atoms with Crippen LogP contribution in [0.3, 0.4) is 0 Å². The number of aliphatic imine (C=N–C) groups is 1. The molecule has 7 nitrogen and oxygen atoms in total. The molecule has 0 aliphatic rings. The van der Waals surface area contributed by atoms with Gasteiger partial charge in [-0.3, -0.25) is 4.99 Å². The first-order chi connectivity index (χ1) is 15.4. The summed E-state index contributed by atoms with van der Waals surface area (Å²) in [6, 6.07) is 18.8. The first kappa shape index (κ1) is 23.3. The molecule has 0 fully saturated rings. The van der Waals surface area contributed by atoms with Crippen LogP contribution in [-0.2, 0) is 6.54 Å². The first-order valence-corrected chi connectivity index (χ1v) is 10.8. The van der Waals surface area contributed by atoms with Gasteiger partial charge in [-0.25, -0.2) is 4.68 Å². The van der Waals surface area contributed by atoms with Crippen molar-refractivity contribution < 1.29 is 4.74 Å². The van der Waals surface area contributed by atoms with Gasteiger partial charge in [0.1, 0.15) is 5.75 Å². The van der Waals surface area contributed by atoms with E-state index in [4.69, 9.17) is 4.74 Å². The molecule has 0 bridgehead atoms. The van der Waals surface area contributed by atoms with Gasteiger partial charge in [0.15, 0.2) is 5.96 Å². The lowest BCUT2D eigenvalue weighted by atomic mass is 10.1. The maximum Gasteiger partial charge on any atom is 0.191 e. The van der Waals surface area contributed by atoms with Gasteiger partial charge in [-0.15, -0.1) is 0 Å². The average molecular weight is 435 g/mol. The molecule has 1 heterocycles. The fourth-order valence-corrected chi connectivity index (χ4v) is 3.76. The molecular formula is C25H34N6O. The number of para-hydroxylation sites is 1. The highest BCUT2D eigenvalue weighted by atomic mass is 16.5. The molecule has 3 aromatic rings. The lowest BCUT2D eigenvalue weighted by Crippen LogP contribution is -2.41. The van der Waals surface area contributed by atoms with Gasteiger partial charge in [0.25, 0.3) is 0 Å². The minimum atomic E-state index is 0.196. The molecule has 0 aliphatic heterocycles. The number of aromatic nitrogens is 2. The highest BCUT2D eigenvalue weighted by Gasteiger charge is 2.15. The number of ether oxygens (including phenoxy) is 1. The summed E-state index contributed by atoms with van der Waals surface area (Å²) in [5.74, 6) is 1.62. The van der Waals surface area contributed by atoms with Crippen LogP contribution in [0.2, 0.25) is 0 Å². The van der Waals surface area contributed by atoms with E-state index in [0.29, 0.717) is 6.54 Å². The zero-order chi connectivity index (χ0) is 23.1. The van der Waals surface area contributed by atoms with E-state index in [-0.39, 0.29) is 6.04 Å². The second-order valence-corrected chi connectivity index (χ2v) is 8.03. The Labute approximate surface area is 191 Å². The van der Waals surface area contributed by atoms with Crippen LogP contribution >= 0.6 is 0 Å². The monoisotopic (exact) mass is 434 g/mol. The number of hydrogen-bond donors (Lipinski definition) is 2. The quantitative estimate of drug-likeness (QED) is 0.420. The summed E-state index contributed by atoms with van der Waals surface area (Å²) in [5, 5.41) is 11.6. The minimum absolute atomic E-state index is 0.196.